The van der Waals surface area contributed by atoms with Crippen LogP contribution in [0.1, 0.15) is 18.4 Å². The van der Waals surface area contributed by atoms with E-state index in [0.717, 1.165) is 5.56 Å². The monoisotopic (exact) mass is 424 g/mol. The lowest BCUT2D eigenvalue weighted by Crippen LogP contribution is -2.43. The predicted molar refractivity (Wildman–Crippen MR) is 82.7 cm³/mol. The minimum atomic E-state index is -3.75. The molecule has 20 heavy (non-hydrogen) atoms. The molecule has 1 aromatic carbocycles. The molecular formula is C12H14Br2N2O3S. The molecule has 110 valence electrons. The van der Waals surface area contributed by atoms with E-state index >= 15 is 0 Å². The maximum atomic E-state index is 12.7. The van der Waals surface area contributed by atoms with Gasteiger partial charge in [-0.3, -0.25) is 4.79 Å². The summed E-state index contributed by atoms with van der Waals surface area (Å²) in [7, 11) is -3.75. The molecule has 2 rings (SSSR count). The van der Waals surface area contributed by atoms with Crippen molar-refractivity contribution in [3.05, 3.63) is 26.6 Å². The zero-order valence-electron chi connectivity index (χ0n) is 10.8. The van der Waals surface area contributed by atoms with Crippen molar-refractivity contribution >= 4 is 47.8 Å². The van der Waals surface area contributed by atoms with Gasteiger partial charge in [-0.15, -0.1) is 0 Å². The number of hydrogen-bond donors (Lipinski definition) is 1. The van der Waals surface area contributed by atoms with Crippen LogP contribution in [0, 0.1) is 6.92 Å². The summed E-state index contributed by atoms with van der Waals surface area (Å²) in [6, 6.07) is 2.52. The minimum Gasteiger partial charge on any atom is -0.368 e. The lowest BCUT2D eigenvalue weighted by Gasteiger charge is -2.22. The molecule has 8 heteroatoms. The van der Waals surface area contributed by atoms with Crippen LogP contribution in [0.3, 0.4) is 0 Å². The number of nitrogens with zero attached hydrogens (tertiary/aromatic N) is 1. The summed E-state index contributed by atoms with van der Waals surface area (Å²) in [5.74, 6) is -0.603. The third-order valence-electron chi connectivity index (χ3n) is 3.33. The molecule has 0 radical (unpaired) electrons. The van der Waals surface area contributed by atoms with Gasteiger partial charge < -0.3 is 5.73 Å². The van der Waals surface area contributed by atoms with E-state index in [4.69, 9.17) is 5.73 Å². The molecule has 1 atom stereocenters. The molecule has 0 spiro atoms. The number of sulfonamides is 1. The molecule has 1 heterocycles. The van der Waals surface area contributed by atoms with E-state index in [2.05, 4.69) is 31.9 Å². The number of amides is 1. The molecule has 0 aromatic heterocycles. The van der Waals surface area contributed by atoms with Gasteiger partial charge in [0.05, 0.1) is 4.90 Å². The van der Waals surface area contributed by atoms with Gasteiger partial charge in [0.1, 0.15) is 6.04 Å². The smallest absolute Gasteiger partial charge is 0.244 e. The molecule has 1 aliphatic rings. The Labute approximate surface area is 134 Å². The van der Waals surface area contributed by atoms with Crippen LogP contribution in [0.25, 0.3) is 0 Å². The summed E-state index contributed by atoms with van der Waals surface area (Å²) >= 11 is 6.61. The van der Waals surface area contributed by atoms with Gasteiger partial charge in [0.15, 0.2) is 0 Å². The molecule has 1 aromatic rings. The van der Waals surface area contributed by atoms with Crippen molar-refractivity contribution in [1.82, 2.24) is 4.31 Å². The van der Waals surface area contributed by atoms with E-state index in [1.807, 2.05) is 6.92 Å². The topological polar surface area (TPSA) is 80.5 Å². The summed E-state index contributed by atoms with van der Waals surface area (Å²) in [5.41, 5.74) is 6.21. The van der Waals surface area contributed by atoms with Crippen LogP contribution in [0.15, 0.2) is 26.0 Å². The zero-order valence-corrected chi connectivity index (χ0v) is 14.8. The number of halogens is 2. The van der Waals surface area contributed by atoms with Gasteiger partial charge in [-0.1, -0.05) is 15.9 Å². The Bertz CT molecular complexity index is 661. The number of rotatable bonds is 3. The Morgan fingerprint density at radius 1 is 1.35 bits per heavy atom. The highest BCUT2D eigenvalue weighted by Gasteiger charge is 2.39. The Morgan fingerprint density at radius 2 is 2.00 bits per heavy atom. The third kappa shape index (κ3) is 2.79. The predicted octanol–water partition coefficient (Wildman–Crippen LogP) is 2.16. The first-order valence-electron chi connectivity index (χ1n) is 6.02. The van der Waals surface area contributed by atoms with Gasteiger partial charge in [-0.25, -0.2) is 8.42 Å². The van der Waals surface area contributed by atoms with Gasteiger partial charge in [0.25, 0.3) is 0 Å². The quantitative estimate of drug-likeness (QED) is 0.805. The molecule has 0 bridgehead atoms. The van der Waals surface area contributed by atoms with Crippen LogP contribution in [0.5, 0.6) is 0 Å². The molecule has 1 saturated heterocycles. The fourth-order valence-corrected chi connectivity index (χ4v) is 5.57. The van der Waals surface area contributed by atoms with Gasteiger partial charge >= 0.3 is 0 Å². The molecule has 1 fully saturated rings. The first-order valence-corrected chi connectivity index (χ1v) is 9.04. The van der Waals surface area contributed by atoms with Crippen molar-refractivity contribution in [3.63, 3.8) is 0 Å². The molecule has 5 nitrogen and oxygen atoms in total. The summed E-state index contributed by atoms with van der Waals surface area (Å²) in [6.45, 7) is 2.18. The number of hydrogen-bond acceptors (Lipinski definition) is 3. The van der Waals surface area contributed by atoms with Crippen LogP contribution < -0.4 is 5.73 Å². The van der Waals surface area contributed by atoms with Crippen LogP contribution in [0.4, 0.5) is 0 Å². The first kappa shape index (κ1) is 15.9. The number of nitrogens with two attached hydrogens (primary N) is 1. The summed E-state index contributed by atoms with van der Waals surface area (Å²) in [6.07, 6.45) is 1.11. The number of primary amides is 1. The fourth-order valence-electron chi connectivity index (χ4n) is 2.26. The van der Waals surface area contributed by atoms with Crippen molar-refractivity contribution in [1.29, 1.82) is 0 Å². The SMILES string of the molecule is Cc1cc(Br)c(S(=O)(=O)N2CCCC2C(N)=O)cc1Br. The maximum Gasteiger partial charge on any atom is 0.244 e. The van der Waals surface area contributed by atoms with E-state index in [1.54, 1.807) is 12.1 Å². The van der Waals surface area contributed by atoms with Crippen molar-refractivity contribution in [2.45, 2.75) is 30.7 Å². The van der Waals surface area contributed by atoms with Gasteiger partial charge in [-0.2, -0.15) is 4.31 Å². The van der Waals surface area contributed by atoms with Crippen molar-refractivity contribution in [2.75, 3.05) is 6.54 Å². The maximum absolute atomic E-state index is 12.7. The molecule has 0 aliphatic carbocycles. The minimum absolute atomic E-state index is 0.142. The third-order valence-corrected chi connectivity index (χ3v) is 7.05. The average molecular weight is 426 g/mol. The Kier molecular flexibility index (Phi) is 4.58. The largest absolute Gasteiger partial charge is 0.368 e. The van der Waals surface area contributed by atoms with E-state index in [1.165, 1.54) is 4.31 Å². The van der Waals surface area contributed by atoms with Gasteiger partial charge in [-0.05, 0) is 53.4 Å². The summed E-state index contributed by atoms with van der Waals surface area (Å²) in [5, 5.41) is 0. The Hall–Kier alpha value is -0.440. The molecule has 1 unspecified atom stereocenters. The van der Waals surface area contributed by atoms with Crippen LogP contribution in [0.2, 0.25) is 0 Å². The van der Waals surface area contributed by atoms with Crippen molar-refractivity contribution < 1.29 is 13.2 Å². The highest BCUT2D eigenvalue weighted by Crippen LogP contribution is 2.33. The fraction of sp³-hybridized carbons (Fsp3) is 0.417. The molecule has 1 amide bonds. The lowest BCUT2D eigenvalue weighted by atomic mass is 10.2. The van der Waals surface area contributed by atoms with E-state index in [0.29, 0.717) is 28.3 Å². The first-order chi connectivity index (χ1) is 9.25. The highest BCUT2D eigenvalue weighted by atomic mass is 79.9. The standard InChI is InChI=1S/C12H14Br2N2O3S/c1-7-5-9(14)11(6-8(7)13)20(18,19)16-4-2-3-10(16)12(15)17/h5-6,10H,2-4H2,1H3,(H2,15,17). The summed E-state index contributed by atoms with van der Waals surface area (Å²) < 4.78 is 27.8. The van der Waals surface area contributed by atoms with Crippen molar-refractivity contribution in [2.24, 2.45) is 5.73 Å². The van der Waals surface area contributed by atoms with E-state index in [9.17, 15) is 13.2 Å². The normalized spacial score (nSPS) is 20.2. The average Bonchev–Trinajstić information content (AvgIpc) is 2.83. The summed E-state index contributed by atoms with van der Waals surface area (Å²) in [4.78, 5) is 11.5. The Morgan fingerprint density at radius 3 is 2.60 bits per heavy atom. The molecular weight excluding hydrogens is 412 g/mol. The van der Waals surface area contributed by atoms with E-state index < -0.39 is 22.0 Å². The molecule has 2 N–H and O–H groups in total. The lowest BCUT2D eigenvalue weighted by molar-refractivity contribution is -0.121. The van der Waals surface area contributed by atoms with Crippen molar-refractivity contribution in [3.8, 4) is 0 Å². The highest BCUT2D eigenvalue weighted by molar-refractivity contribution is 9.11. The van der Waals surface area contributed by atoms with Gasteiger partial charge in [0.2, 0.25) is 15.9 Å². The number of aryl methyl sites for hydroxylation is 1. The molecule has 1 aliphatic heterocycles. The van der Waals surface area contributed by atoms with Crippen LogP contribution in [-0.4, -0.2) is 31.2 Å². The second-order valence-electron chi connectivity index (χ2n) is 4.71. The second-order valence-corrected chi connectivity index (χ2v) is 8.28. The number of benzene rings is 1. The molecule has 0 saturated carbocycles. The Balaban J connectivity index is 2.50. The van der Waals surface area contributed by atoms with Gasteiger partial charge in [0, 0.05) is 15.5 Å². The second kappa shape index (κ2) is 5.75. The zero-order chi connectivity index (χ0) is 15.1. The van der Waals surface area contributed by atoms with Crippen LogP contribution >= 0.6 is 31.9 Å². The van der Waals surface area contributed by atoms with E-state index in [-0.39, 0.29) is 4.90 Å². The number of carbonyl (C=O) groups is 1. The van der Waals surface area contributed by atoms with Crippen LogP contribution in [-0.2, 0) is 14.8 Å². The number of carbonyl (C=O) groups excluding carboxylic acids is 1.